The van der Waals surface area contributed by atoms with Gasteiger partial charge in [-0.15, -0.1) is 0 Å². The Bertz CT molecular complexity index is 648. The van der Waals surface area contributed by atoms with Gasteiger partial charge in [0, 0.05) is 31.0 Å². The van der Waals surface area contributed by atoms with Crippen molar-refractivity contribution in [1.82, 2.24) is 5.32 Å². The third kappa shape index (κ3) is 5.01. The van der Waals surface area contributed by atoms with E-state index in [-0.39, 0.29) is 6.03 Å². The van der Waals surface area contributed by atoms with Crippen molar-refractivity contribution in [2.75, 3.05) is 29.9 Å². The zero-order valence-electron chi connectivity index (χ0n) is 14.8. The van der Waals surface area contributed by atoms with Gasteiger partial charge in [-0.3, -0.25) is 0 Å². The summed E-state index contributed by atoms with van der Waals surface area (Å²) in [5.41, 5.74) is 4.50. The van der Waals surface area contributed by atoms with Crippen molar-refractivity contribution in [3.63, 3.8) is 0 Å². The van der Waals surface area contributed by atoms with Crippen LogP contribution in [-0.4, -0.2) is 25.7 Å². The van der Waals surface area contributed by atoms with Crippen molar-refractivity contribution in [2.24, 2.45) is 0 Å². The maximum atomic E-state index is 12.0. The van der Waals surface area contributed by atoms with Gasteiger partial charge in [0.1, 0.15) is 0 Å². The fourth-order valence-electron chi connectivity index (χ4n) is 2.72. The molecule has 0 radical (unpaired) electrons. The van der Waals surface area contributed by atoms with Gasteiger partial charge in [-0.2, -0.15) is 0 Å². The van der Waals surface area contributed by atoms with Crippen molar-refractivity contribution in [3.05, 3.63) is 59.7 Å². The van der Waals surface area contributed by atoms with Crippen molar-refractivity contribution in [1.29, 1.82) is 0 Å². The van der Waals surface area contributed by atoms with E-state index >= 15 is 0 Å². The van der Waals surface area contributed by atoms with Crippen molar-refractivity contribution >= 4 is 17.4 Å². The molecule has 128 valence electrons. The second kappa shape index (κ2) is 8.96. The van der Waals surface area contributed by atoms with Crippen LogP contribution in [0.1, 0.15) is 25.0 Å². The van der Waals surface area contributed by atoms with E-state index in [0.717, 1.165) is 25.2 Å². The number of anilines is 2. The first-order valence-electron chi connectivity index (χ1n) is 8.58. The van der Waals surface area contributed by atoms with Crippen LogP contribution < -0.4 is 15.5 Å². The Labute approximate surface area is 144 Å². The van der Waals surface area contributed by atoms with Gasteiger partial charge in [-0.25, -0.2) is 4.79 Å². The Morgan fingerprint density at radius 2 is 1.67 bits per heavy atom. The Morgan fingerprint density at radius 3 is 2.29 bits per heavy atom. The van der Waals surface area contributed by atoms with E-state index in [0.29, 0.717) is 6.54 Å². The molecule has 0 aliphatic rings. The molecular formula is C20H27N3O. The van der Waals surface area contributed by atoms with E-state index < -0.39 is 0 Å². The fourth-order valence-corrected chi connectivity index (χ4v) is 2.72. The Morgan fingerprint density at radius 1 is 1.00 bits per heavy atom. The molecule has 0 saturated heterocycles. The Kier molecular flexibility index (Phi) is 6.67. The van der Waals surface area contributed by atoms with E-state index in [1.165, 1.54) is 16.8 Å². The van der Waals surface area contributed by atoms with Crippen LogP contribution in [0.2, 0.25) is 0 Å². The summed E-state index contributed by atoms with van der Waals surface area (Å²) in [6, 6.07) is 16.0. The van der Waals surface area contributed by atoms with Gasteiger partial charge >= 0.3 is 6.03 Å². The molecule has 0 heterocycles. The third-order valence-corrected chi connectivity index (χ3v) is 4.19. The molecule has 2 rings (SSSR count). The number of amides is 2. The van der Waals surface area contributed by atoms with Crippen LogP contribution >= 0.6 is 0 Å². The topological polar surface area (TPSA) is 44.4 Å². The van der Waals surface area contributed by atoms with Gasteiger partial charge in [-0.05, 0) is 62.6 Å². The molecule has 0 unspecified atom stereocenters. The molecule has 0 spiro atoms. The standard InChI is InChI=1S/C20H27N3O/c1-4-23(5-2)19-12-10-18(11-13-19)22-20(24)21-15-14-17-9-7-6-8-16(17)3/h6-13H,4-5,14-15H2,1-3H3,(H2,21,22,24). The maximum absolute atomic E-state index is 12.0. The van der Waals surface area contributed by atoms with Gasteiger partial charge in [0.2, 0.25) is 0 Å². The highest BCUT2D eigenvalue weighted by molar-refractivity contribution is 5.89. The number of aryl methyl sites for hydroxylation is 1. The second-order valence-electron chi connectivity index (χ2n) is 5.78. The van der Waals surface area contributed by atoms with E-state index in [2.05, 4.69) is 48.4 Å². The lowest BCUT2D eigenvalue weighted by molar-refractivity contribution is 0.252. The summed E-state index contributed by atoms with van der Waals surface area (Å²) in [5, 5.41) is 5.78. The number of nitrogens with one attached hydrogen (secondary N) is 2. The molecule has 2 amide bonds. The van der Waals surface area contributed by atoms with Crippen LogP contribution in [0, 0.1) is 6.92 Å². The number of nitrogens with zero attached hydrogens (tertiary/aromatic N) is 1. The number of benzene rings is 2. The average molecular weight is 325 g/mol. The van der Waals surface area contributed by atoms with Crippen LogP contribution in [0.15, 0.2) is 48.5 Å². The lowest BCUT2D eigenvalue weighted by atomic mass is 10.1. The average Bonchev–Trinajstić information content (AvgIpc) is 2.59. The summed E-state index contributed by atoms with van der Waals surface area (Å²) in [4.78, 5) is 14.3. The van der Waals surface area contributed by atoms with Gasteiger partial charge < -0.3 is 15.5 Å². The smallest absolute Gasteiger partial charge is 0.319 e. The van der Waals surface area contributed by atoms with Gasteiger partial charge in [0.05, 0.1) is 0 Å². The highest BCUT2D eigenvalue weighted by atomic mass is 16.2. The minimum Gasteiger partial charge on any atom is -0.372 e. The molecule has 2 aromatic carbocycles. The molecule has 0 aliphatic carbocycles. The molecule has 0 saturated carbocycles. The van der Waals surface area contributed by atoms with Crippen LogP contribution in [0.3, 0.4) is 0 Å². The molecule has 4 nitrogen and oxygen atoms in total. The Balaban J connectivity index is 1.81. The summed E-state index contributed by atoms with van der Waals surface area (Å²) in [6.07, 6.45) is 0.834. The molecule has 2 N–H and O–H groups in total. The first kappa shape index (κ1) is 17.9. The first-order chi connectivity index (χ1) is 11.6. The molecule has 0 bridgehead atoms. The summed E-state index contributed by atoms with van der Waals surface area (Å²) in [7, 11) is 0. The molecule has 0 aromatic heterocycles. The predicted octanol–water partition coefficient (Wildman–Crippen LogP) is 4.21. The molecular weight excluding hydrogens is 298 g/mol. The van der Waals surface area contributed by atoms with Gasteiger partial charge in [0.15, 0.2) is 0 Å². The predicted molar refractivity (Wildman–Crippen MR) is 102 cm³/mol. The maximum Gasteiger partial charge on any atom is 0.319 e. The number of hydrogen-bond acceptors (Lipinski definition) is 2. The number of carbonyl (C=O) groups excluding carboxylic acids is 1. The fraction of sp³-hybridized carbons (Fsp3) is 0.350. The molecule has 0 atom stereocenters. The second-order valence-corrected chi connectivity index (χ2v) is 5.78. The molecule has 24 heavy (non-hydrogen) atoms. The van der Waals surface area contributed by atoms with Crippen molar-refractivity contribution < 1.29 is 4.79 Å². The summed E-state index contributed by atoms with van der Waals surface area (Å²) in [6.45, 7) is 8.93. The lowest BCUT2D eigenvalue weighted by Crippen LogP contribution is -2.30. The first-order valence-corrected chi connectivity index (χ1v) is 8.58. The summed E-state index contributed by atoms with van der Waals surface area (Å²) in [5.74, 6) is 0. The minimum absolute atomic E-state index is 0.167. The lowest BCUT2D eigenvalue weighted by Gasteiger charge is -2.21. The monoisotopic (exact) mass is 325 g/mol. The van der Waals surface area contributed by atoms with E-state index in [4.69, 9.17) is 0 Å². The quantitative estimate of drug-likeness (QED) is 0.801. The van der Waals surface area contributed by atoms with Crippen LogP contribution in [-0.2, 0) is 6.42 Å². The number of hydrogen-bond donors (Lipinski definition) is 2. The largest absolute Gasteiger partial charge is 0.372 e. The zero-order chi connectivity index (χ0) is 17.4. The number of urea groups is 1. The highest BCUT2D eigenvalue weighted by Gasteiger charge is 2.04. The summed E-state index contributed by atoms with van der Waals surface area (Å²) >= 11 is 0. The molecule has 4 heteroatoms. The zero-order valence-corrected chi connectivity index (χ0v) is 14.8. The van der Waals surface area contributed by atoms with Gasteiger partial charge in [-0.1, -0.05) is 24.3 Å². The summed E-state index contributed by atoms with van der Waals surface area (Å²) < 4.78 is 0. The van der Waals surface area contributed by atoms with Crippen LogP contribution in [0.5, 0.6) is 0 Å². The molecule has 0 fully saturated rings. The number of carbonyl (C=O) groups is 1. The normalized spacial score (nSPS) is 10.3. The van der Waals surface area contributed by atoms with Gasteiger partial charge in [0.25, 0.3) is 0 Å². The van der Waals surface area contributed by atoms with E-state index in [1.54, 1.807) is 0 Å². The van der Waals surface area contributed by atoms with Crippen LogP contribution in [0.4, 0.5) is 16.2 Å². The van der Waals surface area contributed by atoms with Crippen LogP contribution in [0.25, 0.3) is 0 Å². The number of rotatable bonds is 7. The highest BCUT2D eigenvalue weighted by Crippen LogP contribution is 2.17. The third-order valence-electron chi connectivity index (χ3n) is 4.19. The van der Waals surface area contributed by atoms with Crippen molar-refractivity contribution in [3.8, 4) is 0 Å². The minimum atomic E-state index is -0.167. The molecule has 0 aliphatic heterocycles. The Hall–Kier alpha value is -2.49. The molecule has 2 aromatic rings. The van der Waals surface area contributed by atoms with E-state index in [9.17, 15) is 4.79 Å². The SMILES string of the molecule is CCN(CC)c1ccc(NC(=O)NCCc2ccccc2C)cc1. The van der Waals surface area contributed by atoms with E-state index in [1.807, 2.05) is 36.4 Å². The van der Waals surface area contributed by atoms with Crippen molar-refractivity contribution in [2.45, 2.75) is 27.2 Å².